The molecule has 20 heavy (non-hydrogen) atoms. The number of rotatable bonds is 5. The number of ether oxygens (including phenoxy) is 2. The second kappa shape index (κ2) is 5.75. The molecule has 2 N–H and O–H groups in total. The van der Waals surface area contributed by atoms with Crippen LogP contribution in [0.15, 0.2) is 18.2 Å². The molecule has 2 rings (SSSR count). The Morgan fingerprint density at radius 2 is 2.15 bits per heavy atom. The van der Waals surface area contributed by atoms with Gasteiger partial charge in [-0.2, -0.15) is 5.10 Å². The van der Waals surface area contributed by atoms with E-state index in [1.165, 1.54) is 4.68 Å². The number of nitrogens with two attached hydrogens (primary N) is 1. The number of aryl methyl sites for hydroxylation is 1. The molecule has 0 unspecified atom stereocenters. The largest absolute Gasteiger partial charge is 0.496 e. The molecule has 106 valence electrons. The molecule has 0 saturated heterocycles. The fourth-order valence-corrected chi connectivity index (χ4v) is 2.06. The van der Waals surface area contributed by atoms with Crippen LogP contribution in [0.3, 0.4) is 0 Å². The predicted octanol–water partition coefficient (Wildman–Crippen LogP) is 1.87. The molecule has 1 heterocycles. The molecule has 6 heteroatoms. The predicted molar refractivity (Wildman–Crippen MR) is 75.8 cm³/mol. The van der Waals surface area contributed by atoms with E-state index in [0.717, 1.165) is 16.9 Å². The molecule has 0 spiro atoms. The number of aldehydes is 1. The molecular weight excluding hydrogens is 258 g/mol. The average molecular weight is 275 g/mol. The lowest BCUT2D eigenvalue weighted by Crippen LogP contribution is -2.06. The zero-order valence-electron chi connectivity index (χ0n) is 11.7. The van der Waals surface area contributed by atoms with Gasteiger partial charge in [-0.25, -0.2) is 4.68 Å². The molecule has 0 aliphatic carbocycles. The summed E-state index contributed by atoms with van der Waals surface area (Å²) in [5.74, 6) is 1.08. The van der Waals surface area contributed by atoms with Gasteiger partial charge >= 0.3 is 0 Å². The molecule has 0 fully saturated rings. The van der Waals surface area contributed by atoms with Crippen LogP contribution in [0.25, 0.3) is 11.3 Å². The first-order valence-electron chi connectivity index (χ1n) is 6.07. The van der Waals surface area contributed by atoms with Crippen molar-refractivity contribution in [3.63, 3.8) is 0 Å². The molecule has 0 aliphatic rings. The Balaban J connectivity index is 2.54. The lowest BCUT2D eigenvalue weighted by Gasteiger charge is -2.06. The molecule has 0 atom stereocenters. The van der Waals surface area contributed by atoms with Crippen LogP contribution in [0.2, 0.25) is 0 Å². The summed E-state index contributed by atoms with van der Waals surface area (Å²) in [6, 6.07) is 5.59. The average Bonchev–Trinajstić information content (AvgIpc) is 2.76. The van der Waals surface area contributed by atoms with Crippen molar-refractivity contribution in [2.24, 2.45) is 0 Å². The van der Waals surface area contributed by atoms with Crippen molar-refractivity contribution in [1.29, 1.82) is 0 Å². The van der Waals surface area contributed by atoms with E-state index in [-0.39, 0.29) is 6.73 Å². The van der Waals surface area contributed by atoms with Crippen LogP contribution in [0.5, 0.6) is 5.75 Å². The minimum atomic E-state index is 0.196. The SMILES string of the molecule is COCn1nc(-c2ccc(OC)c(C)c2)c(C=O)c1N. The molecule has 0 amide bonds. The Morgan fingerprint density at radius 3 is 2.70 bits per heavy atom. The Hall–Kier alpha value is -2.34. The number of benzene rings is 1. The Labute approximate surface area is 117 Å². The highest BCUT2D eigenvalue weighted by atomic mass is 16.5. The lowest BCUT2D eigenvalue weighted by atomic mass is 10.1. The first-order chi connectivity index (χ1) is 9.62. The number of hydrogen-bond acceptors (Lipinski definition) is 5. The summed E-state index contributed by atoms with van der Waals surface area (Å²) in [6.07, 6.45) is 0.712. The van der Waals surface area contributed by atoms with Crippen LogP contribution < -0.4 is 10.5 Å². The van der Waals surface area contributed by atoms with Crippen molar-refractivity contribution >= 4 is 12.1 Å². The van der Waals surface area contributed by atoms with Crippen molar-refractivity contribution in [3.8, 4) is 17.0 Å². The van der Waals surface area contributed by atoms with E-state index in [0.29, 0.717) is 23.4 Å². The number of methoxy groups -OCH3 is 2. The van der Waals surface area contributed by atoms with Crippen molar-refractivity contribution in [1.82, 2.24) is 9.78 Å². The zero-order chi connectivity index (χ0) is 14.7. The van der Waals surface area contributed by atoms with Crippen LogP contribution in [0.1, 0.15) is 15.9 Å². The highest BCUT2D eigenvalue weighted by Gasteiger charge is 2.17. The quantitative estimate of drug-likeness (QED) is 0.843. The van der Waals surface area contributed by atoms with Crippen LogP contribution in [0, 0.1) is 6.92 Å². The Kier molecular flexibility index (Phi) is 4.05. The molecule has 1 aromatic heterocycles. The minimum Gasteiger partial charge on any atom is -0.496 e. The minimum absolute atomic E-state index is 0.196. The Bertz CT molecular complexity index is 635. The lowest BCUT2D eigenvalue weighted by molar-refractivity contribution is 0.112. The molecular formula is C14H17N3O3. The summed E-state index contributed by atoms with van der Waals surface area (Å²) in [6.45, 7) is 2.13. The standard InChI is InChI=1S/C14H17N3O3/c1-9-6-10(4-5-12(9)20-3)13-11(7-18)14(15)17(16-13)8-19-2/h4-7H,8,15H2,1-3H3. The van der Waals surface area contributed by atoms with E-state index < -0.39 is 0 Å². The highest BCUT2D eigenvalue weighted by molar-refractivity contribution is 5.91. The van der Waals surface area contributed by atoms with Crippen LogP contribution in [0.4, 0.5) is 5.82 Å². The van der Waals surface area contributed by atoms with Gasteiger partial charge in [-0.15, -0.1) is 0 Å². The normalized spacial score (nSPS) is 10.6. The van der Waals surface area contributed by atoms with Gasteiger partial charge in [0.2, 0.25) is 0 Å². The van der Waals surface area contributed by atoms with Gasteiger partial charge in [0.25, 0.3) is 0 Å². The van der Waals surface area contributed by atoms with Crippen molar-refractivity contribution < 1.29 is 14.3 Å². The van der Waals surface area contributed by atoms with Crippen LogP contribution >= 0.6 is 0 Å². The number of carbonyl (C=O) groups is 1. The monoisotopic (exact) mass is 275 g/mol. The van der Waals surface area contributed by atoms with Crippen molar-refractivity contribution in [2.75, 3.05) is 20.0 Å². The zero-order valence-corrected chi connectivity index (χ0v) is 11.7. The highest BCUT2D eigenvalue weighted by Crippen LogP contribution is 2.29. The second-order valence-electron chi connectivity index (χ2n) is 4.37. The number of nitrogens with zero attached hydrogens (tertiary/aromatic N) is 2. The van der Waals surface area contributed by atoms with Gasteiger partial charge in [0, 0.05) is 12.7 Å². The third kappa shape index (κ3) is 2.37. The summed E-state index contributed by atoms with van der Waals surface area (Å²) in [7, 11) is 3.16. The van der Waals surface area contributed by atoms with Gasteiger partial charge in [0.15, 0.2) is 6.29 Å². The molecule has 0 bridgehead atoms. The van der Waals surface area contributed by atoms with E-state index >= 15 is 0 Å². The van der Waals surface area contributed by atoms with Gasteiger partial charge in [-0.1, -0.05) is 0 Å². The summed E-state index contributed by atoms with van der Waals surface area (Å²) in [4.78, 5) is 11.2. The van der Waals surface area contributed by atoms with Crippen molar-refractivity contribution in [3.05, 3.63) is 29.3 Å². The number of anilines is 1. The molecule has 0 saturated carbocycles. The van der Waals surface area contributed by atoms with E-state index in [1.54, 1.807) is 14.2 Å². The second-order valence-corrected chi connectivity index (χ2v) is 4.37. The van der Waals surface area contributed by atoms with Gasteiger partial charge in [0.05, 0.1) is 12.7 Å². The fourth-order valence-electron chi connectivity index (χ4n) is 2.06. The summed E-state index contributed by atoms with van der Waals surface area (Å²) < 4.78 is 11.7. The molecule has 1 aromatic carbocycles. The molecule has 0 aliphatic heterocycles. The van der Waals surface area contributed by atoms with E-state index in [4.69, 9.17) is 15.2 Å². The fraction of sp³-hybridized carbons (Fsp3) is 0.286. The molecule has 0 radical (unpaired) electrons. The molecule has 6 nitrogen and oxygen atoms in total. The maximum atomic E-state index is 11.2. The topological polar surface area (TPSA) is 79.4 Å². The van der Waals surface area contributed by atoms with E-state index in [2.05, 4.69) is 5.10 Å². The summed E-state index contributed by atoms with van der Waals surface area (Å²) in [5, 5.41) is 4.33. The maximum Gasteiger partial charge on any atom is 0.156 e. The van der Waals surface area contributed by atoms with Gasteiger partial charge in [-0.3, -0.25) is 4.79 Å². The summed E-state index contributed by atoms with van der Waals surface area (Å²) in [5.41, 5.74) is 8.58. The Morgan fingerprint density at radius 1 is 1.40 bits per heavy atom. The number of aromatic nitrogens is 2. The number of hydrogen-bond donors (Lipinski definition) is 1. The smallest absolute Gasteiger partial charge is 0.156 e. The van der Waals surface area contributed by atoms with Crippen molar-refractivity contribution in [2.45, 2.75) is 13.7 Å². The van der Waals surface area contributed by atoms with Gasteiger partial charge in [0.1, 0.15) is 24.0 Å². The molecule has 2 aromatic rings. The van der Waals surface area contributed by atoms with Gasteiger partial charge in [-0.05, 0) is 30.7 Å². The van der Waals surface area contributed by atoms with E-state index in [9.17, 15) is 4.79 Å². The summed E-state index contributed by atoms with van der Waals surface area (Å²) >= 11 is 0. The van der Waals surface area contributed by atoms with Crippen LogP contribution in [-0.4, -0.2) is 30.3 Å². The third-order valence-corrected chi connectivity index (χ3v) is 3.07. The van der Waals surface area contributed by atoms with E-state index in [1.807, 2.05) is 25.1 Å². The maximum absolute atomic E-state index is 11.2. The van der Waals surface area contributed by atoms with Gasteiger partial charge < -0.3 is 15.2 Å². The first-order valence-corrected chi connectivity index (χ1v) is 6.07. The van der Waals surface area contributed by atoms with Crippen LogP contribution in [-0.2, 0) is 11.5 Å². The first kappa shape index (κ1) is 14.1. The third-order valence-electron chi connectivity index (χ3n) is 3.07. The number of nitrogen functional groups attached to an aromatic ring is 1. The number of carbonyl (C=O) groups excluding carboxylic acids is 1.